The first kappa shape index (κ1) is 13.3. The van der Waals surface area contributed by atoms with E-state index in [1.165, 1.54) is 6.07 Å². The smallest absolute Gasteiger partial charge is 0.137 e. The summed E-state index contributed by atoms with van der Waals surface area (Å²) in [4.78, 5) is 0. The van der Waals surface area contributed by atoms with Crippen molar-refractivity contribution in [2.75, 3.05) is 7.05 Å². The lowest BCUT2D eigenvalue weighted by Crippen LogP contribution is -2.19. The Morgan fingerprint density at radius 2 is 2.17 bits per heavy atom. The Labute approximate surface area is 114 Å². The van der Waals surface area contributed by atoms with E-state index >= 15 is 0 Å². The van der Waals surface area contributed by atoms with Crippen molar-refractivity contribution in [2.45, 2.75) is 19.4 Å². The Hall–Kier alpha value is -1.13. The van der Waals surface area contributed by atoms with E-state index in [0.717, 1.165) is 16.9 Å². The summed E-state index contributed by atoms with van der Waals surface area (Å²) in [6.07, 6.45) is 2.38. The van der Waals surface area contributed by atoms with Crippen molar-refractivity contribution in [3.05, 3.63) is 57.7 Å². The molecule has 0 aliphatic carbocycles. The fourth-order valence-electron chi connectivity index (χ4n) is 2.05. The number of nitrogens with one attached hydrogen (secondary N) is 1. The number of likely N-dealkylation sites (N-methyl/N-ethyl adjacent to an activating group) is 1. The second kappa shape index (κ2) is 5.67. The third-order valence-electron chi connectivity index (χ3n) is 3.08. The van der Waals surface area contributed by atoms with Crippen molar-refractivity contribution >= 4 is 15.9 Å². The molecule has 18 heavy (non-hydrogen) atoms. The van der Waals surface area contributed by atoms with Crippen LogP contribution in [0.25, 0.3) is 0 Å². The maximum Gasteiger partial charge on any atom is 0.137 e. The minimum Gasteiger partial charge on any atom is -0.469 e. The van der Waals surface area contributed by atoms with E-state index in [-0.39, 0.29) is 11.9 Å². The molecule has 0 amide bonds. The Balaban J connectivity index is 2.26. The largest absolute Gasteiger partial charge is 0.469 e. The van der Waals surface area contributed by atoms with E-state index in [1.54, 1.807) is 12.3 Å². The van der Waals surface area contributed by atoms with Gasteiger partial charge in [0.1, 0.15) is 11.6 Å². The zero-order valence-electron chi connectivity index (χ0n) is 10.3. The molecule has 1 N–H and O–H groups in total. The predicted octanol–water partition coefficient (Wildman–Crippen LogP) is 3.99. The Morgan fingerprint density at radius 3 is 2.78 bits per heavy atom. The topological polar surface area (TPSA) is 25.2 Å². The zero-order chi connectivity index (χ0) is 13.1. The molecule has 1 aromatic heterocycles. The highest BCUT2D eigenvalue weighted by molar-refractivity contribution is 9.10. The van der Waals surface area contributed by atoms with Gasteiger partial charge in [0.25, 0.3) is 0 Å². The highest BCUT2D eigenvalue weighted by Crippen LogP contribution is 2.27. The van der Waals surface area contributed by atoms with Gasteiger partial charge in [-0.05, 0) is 54.0 Å². The van der Waals surface area contributed by atoms with Gasteiger partial charge in [-0.1, -0.05) is 12.1 Å². The van der Waals surface area contributed by atoms with Gasteiger partial charge >= 0.3 is 0 Å². The molecule has 4 heteroatoms. The first-order chi connectivity index (χ1) is 8.63. The van der Waals surface area contributed by atoms with Gasteiger partial charge in [0.2, 0.25) is 0 Å². The van der Waals surface area contributed by atoms with E-state index in [2.05, 4.69) is 21.2 Å². The number of hydrogen-bond donors (Lipinski definition) is 1. The van der Waals surface area contributed by atoms with Crippen LogP contribution in [0.5, 0.6) is 0 Å². The van der Waals surface area contributed by atoms with Crippen molar-refractivity contribution in [2.24, 2.45) is 0 Å². The average Bonchev–Trinajstić information content (AvgIpc) is 2.77. The van der Waals surface area contributed by atoms with Gasteiger partial charge in [-0.15, -0.1) is 0 Å². The summed E-state index contributed by atoms with van der Waals surface area (Å²) in [6.45, 7) is 1.93. The van der Waals surface area contributed by atoms with Crippen LogP contribution < -0.4 is 5.32 Å². The van der Waals surface area contributed by atoms with Gasteiger partial charge < -0.3 is 9.73 Å². The molecular weight excluding hydrogens is 297 g/mol. The number of benzene rings is 1. The second-order valence-corrected chi connectivity index (χ2v) is 4.98. The number of halogens is 2. The molecule has 96 valence electrons. The Kier molecular flexibility index (Phi) is 4.19. The highest BCUT2D eigenvalue weighted by atomic mass is 79.9. The molecule has 0 fully saturated rings. The lowest BCUT2D eigenvalue weighted by atomic mass is 9.99. The lowest BCUT2D eigenvalue weighted by Gasteiger charge is -2.16. The van der Waals surface area contributed by atoms with E-state index < -0.39 is 0 Å². The van der Waals surface area contributed by atoms with Crippen LogP contribution in [0.3, 0.4) is 0 Å². The Morgan fingerprint density at radius 1 is 1.39 bits per heavy atom. The van der Waals surface area contributed by atoms with Crippen molar-refractivity contribution in [3.8, 4) is 0 Å². The van der Waals surface area contributed by atoms with Crippen LogP contribution in [0.2, 0.25) is 0 Å². The Bertz CT molecular complexity index is 538. The first-order valence-electron chi connectivity index (χ1n) is 5.77. The summed E-state index contributed by atoms with van der Waals surface area (Å²) >= 11 is 3.29. The lowest BCUT2D eigenvalue weighted by molar-refractivity contribution is 0.511. The van der Waals surface area contributed by atoms with Gasteiger partial charge in [-0.3, -0.25) is 0 Å². The van der Waals surface area contributed by atoms with Crippen molar-refractivity contribution in [1.82, 2.24) is 5.32 Å². The molecule has 0 bridgehead atoms. The fourth-order valence-corrected chi connectivity index (χ4v) is 2.48. The molecule has 0 aliphatic heterocycles. The van der Waals surface area contributed by atoms with Crippen LogP contribution in [0.15, 0.2) is 39.4 Å². The maximum absolute atomic E-state index is 13.5. The van der Waals surface area contributed by atoms with Gasteiger partial charge in [-0.25, -0.2) is 4.39 Å². The molecule has 2 aromatic rings. The molecule has 1 atom stereocenters. The third kappa shape index (κ3) is 2.65. The summed E-state index contributed by atoms with van der Waals surface area (Å²) < 4.78 is 19.3. The predicted molar refractivity (Wildman–Crippen MR) is 73.0 cm³/mol. The molecule has 0 radical (unpaired) electrons. The van der Waals surface area contributed by atoms with Gasteiger partial charge in [0.05, 0.1) is 10.7 Å². The molecule has 0 saturated carbocycles. The monoisotopic (exact) mass is 311 g/mol. The number of furan rings is 1. The summed E-state index contributed by atoms with van der Waals surface area (Å²) in [7, 11) is 1.89. The van der Waals surface area contributed by atoms with Crippen LogP contribution in [0.1, 0.15) is 22.9 Å². The molecule has 1 heterocycles. The fraction of sp³-hybridized carbons (Fsp3) is 0.286. The van der Waals surface area contributed by atoms with Crippen LogP contribution >= 0.6 is 15.9 Å². The maximum atomic E-state index is 13.5. The van der Waals surface area contributed by atoms with Crippen molar-refractivity contribution in [1.29, 1.82) is 0 Å². The third-order valence-corrected chi connectivity index (χ3v) is 3.97. The van der Waals surface area contributed by atoms with E-state index in [1.807, 2.05) is 26.1 Å². The molecule has 0 aliphatic rings. The van der Waals surface area contributed by atoms with Gasteiger partial charge in [0.15, 0.2) is 0 Å². The zero-order valence-corrected chi connectivity index (χ0v) is 11.9. The van der Waals surface area contributed by atoms with Gasteiger partial charge in [-0.2, -0.15) is 0 Å². The normalized spacial score (nSPS) is 12.7. The van der Waals surface area contributed by atoms with E-state index in [4.69, 9.17) is 4.42 Å². The molecule has 1 unspecified atom stereocenters. The molecule has 0 saturated heterocycles. The summed E-state index contributed by atoms with van der Waals surface area (Å²) in [5.41, 5.74) is 2.05. The molecule has 0 spiro atoms. The summed E-state index contributed by atoms with van der Waals surface area (Å²) in [5, 5.41) is 3.24. The van der Waals surface area contributed by atoms with Crippen LogP contribution in [0, 0.1) is 12.7 Å². The van der Waals surface area contributed by atoms with E-state index in [9.17, 15) is 4.39 Å². The molecule has 1 aromatic carbocycles. The standard InChI is InChI=1S/C14H15BrFNO/c1-9-11(6-7-18-9)13(17-2)8-10-4-3-5-12(16)14(10)15/h3-7,13,17H,8H2,1-2H3. The number of rotatable bonds is 4. The van der Waals surface area contributed by atoms with Crippen molar-refractivity contribution in [3.63, 3.8) is 0 Å². The van der Waals surface area contributed by atoms with Crippen molar-refractivity contribution < 1.29 is 8.81 Å². The van der Waals surface area contributed by atoms with Crippen LogP contribution in [-0.2, 0) is 6.42 Å². The number of aryl methyl sites for hydroxylation is 1. The highest BCUT2D eigenvalue weighted by Gasteiger charge is 2.16. The minimum atomic E-state index is -0.230. The van der Waals surface area contributed by atoms with Gasteiger partial charge in [0, 0.05) is 11.6 Å². The van der Waals surface area contributed by atoms with E-state index in [0.29, 0.717) is 10.9 Å². The first-order valence-corrected chi connectivity index (χ1v) is 6.57. The molecular formula is C14H15BrFNO. The quantitative estimate of drug-likeness (QED) is 0.923. The molecule has 2 nitrogen and oxygen atoms in total. The minimum absolute atomic E-state index is 0.113. The van der Waals surface area contributed by atoms with Crippen LogP contribution in [-0.4, -0.2) is 7.05 Å². The molecule has 2 rings (SSSR count). The SMILES string of the molecule is CNC(Cc1cccc(F)c1Br)c1ccoc1C. The summed E-state index contributed by atoms with van der Waals surface area (Å²) in [5.74, 6) is 0.660. The average molecular weight is 312 g/mol. The second-order valence-electron chi connectivity index (χ2n) is 4.19. The number of hydrogen-bond acceptors (Lipinski definition) is 2. The van der Waals surface area contributed by atoms with Crippen LogP contribution in [0.4, 0.5) is 4.39 Å². The summed E-state index contributed by atoms with van der Waals surface area (Å²) in [6, 6.07) is 7.16.